The second-order valence-electron chi connectivity index (χ2n) is 5.49. The van der Waals surface area contributed by atoms with E-state index in [-0.39, 0.29) is 11.4 Å². The molecule has 0 radical (unpaired) electrons. The number of primary amides is 1. The van der Waals surface area contributed by atoms with E-state index in [1.54, 1.807) is 30.0 Å². The molecule has 0 aliphatic rings. The van der Waals surface area contributed by atoms with Gasteiger partial charge in [-0.25, -0.2) is 15.0 Å². The summed E-state index contributed by atoms with van der Waals surface area (Å²) in [7, 11) is 0. The number of aromatic nitrogens is 6. The number of nitrogens with one attached hydrogen (secondary N) is 1. The second kappa shape index (κ2) is 4.75. The highest BCUT2D eigenvalue weighted by atomic mass is 16.1. The largest absolute Gasteiger partial charge is 0.384 e. The van der Waals surface area contributed by atoms with Gasteiger partial charge in [-0.3, -0.25) is 14.5 Å². The maximum absolute atomic E-state index is 11.9. The number of nitrogens with zero attached hydrogens (tertiary/aromatic N) is 5. The van der Waals surface area contributed by atoms with Crippen molar-refractivity contribution >= 4 is 33.7 Å². The van der Waals surface area contributed by atoms with Crippen LogP contribution in [-0.2, 0) is 0 Å². The Morgan fingerprint density at radius 2 is 2.08 bits per heavy atom. The fraction of sp³-hybridized carbons (Fsp3) is 0.133. The molecule has 0 saturated carbocycles. The molecule has 9 nitrogen and oxygen atoms in total. The summed E-state index contributed by atoms with van der Waals surface area (Å²) < 4.78 is 1.62. The van der Waals surface area contributed by atoms with E-state index >= 15 is 0 Å². The first-order valence-corrected chi connectivity index (χ1v) is 7.22. The molecule has 0 aliphatic heterocycles. The highest BCUT2D eigenvalue weighted by molar-refractivity contribution is 6.11. The Balaban J connectivity index is 2.21. The highest BCUT2D eigenvalue weighted by Gasteiger charge is 2.24. The summed E-state index contributed by atoms with van der Waals surface area (Å²) >= 11 is 0. The van der Waals surface area contributed by atoms with E-state index in [0.29, 0.717) is 22.7 Å². The number of amides is 1. The molecule has 4 aromatic rings. The van der Waals surface area contributed by atoms with Crippen molar-refractivity contribution in [2.24, 2.45) is 5.73 Å². The van der Waals surface area contributed by atoms with Gasteiger partial charge >= 0.3 is 0 Å². The number of hydrogen-bond donors (Lipinski definition) is 3. The van der Waals surface area contributed by atoms with Crippen LogP contribution >= 0.6 is 0 Å². The standard InChI is InChI=1S/C15H14N8O/c1-6-10-9(22-21-6)3-4-18-15(10)23-12(16)11(13(17)24)8-5-19-7(2)20-14(8)23/h3-5H,16H2,1-2H3,(H2,17,24)(H,21,22). The van der Waals surface area contributed by atoms with Gasteiger partial charge in [0.15, 0.2) is 11.5 Å². The van der Waals surface area contributed by atoms with E-state index < -0.39 is 5.91 Å². The van der Waals surface area contributed by atoms with Gasteiger partial charge in [0, 0.05) is 18.1 Å². The summed E-state index contributed by atoms with van der Waals surface area (Å²) in [4.78, 5) is 24.9. The molecular formula is C15H14N8O. The van der Waals surface area contributed by atoms with Crippen molar-refractivity contribution in [2.75, 3.05) is 5.73 Å². The van der Waals surface area contributed by atoms with Gasteiger partial charge in [0.2, 0.25) is 0 Å². The summed E-state index contributed by atoms with van der Waals surface area (Å²) in [6.07, 6.45) is 3.17. The monoisotopic (exact) mass is 322 g/mol. The Morgan fingerprint density at radius 1 is 1.29 bits per heavy atom. The summed E-state index contributed by atoms with van der Waals surface area (Å²) in [5, 5.41) is 8.45. The number of aromatic amines is 1. The van der Waals surface area contributed by atoms with Gasteiger partial charge in [0.05, 0.1) is 21.9 Å². The second-order valence-corrected chi connectivity index (χ2v) is 5.49. The van der Waals surface area contributed by atoms with Crippen LogP contribution in [0.15, 0.2) is 18.5 Å². The molecule has 0 bridgehead atoms. The molecule has 0 saturated heterocycles. The van der Waals surface area contributed by atoms with Crippen LogP contribution in [0.5, 0.6) is 0 Å². The number of aryl methyl sites for hydroxylation is 2. The number of nitrogen functional groups attached to an aromatic ring is 1. The third kappa shape index (κ3) is 1.78. The first kappa shape index (κ1) is 14.1. The SMILES string of the molecule is Cc1ncc2c(C(N)=O)c(N)n(-c3nccc4n[nH]c(C)c34)c2n1. The topological polar surface area (TPSA) is 141 Å². The first-order chi connectivity index (χ1) is 11.5. The summed E-state index contributed by atoms with van der Waals surface area (Å²) in [6, 6.07) is 1.79. The molecule has 24 heavy (non-hydrogen) atoms. The van der Waals surface area contributed by atoms with Gasteiger partial charge in [0.25, 0.3) is 5.91 Å². The van der Waals surface area contributed by atoms with Crippen molar-refractivity contribution in [3.8, 4) is 5.82 Å². The molecular weight excluding hydrogens is 308 g/mol. The summed E-state index contributed by atoms with van der Waals surface area (Å²) in [5.41, 5.74) is 14.0. The van der Waals surface area contributed by atoms with E-state index in [4.69, 9.17) is 11.5 Å². The third-order valence-electron chi connectivity index (χ3n) is 3.95. The Labute approximate surface area is 135 Å². The molecule has 0 aliphatic carbocycles. The van der Waals surface area contributed by atoms with Crippen molar-refractivity contribution in [3.63, 3.8) is 0 Å². The molecule has 5 N–H and O–H groups in total. The van der Waals surface area contributed by atoms with E-state index in [9.17, 15) is 4.79 Å². The molecule has 0 atom stereocenters. The summed E-state index contributed by atoms with van der Waals surface area (Å²) in [6.45, 7) is 3.64. The van der Waals surface area contributed by atoms with Crippen LogP contribution in [0.3, 0.4) is 0 Å². The average Bonchev–Trinajstić information content (AvgIpc) is 3.05. The molecule has 120 valence electrons. The third-order valence-corrected chi connectivity index (χ3v) is 3.95. The van der Waals surface area contributed by atoms with Crippen LogP contribution in [0.1, 0.15) is 21.9 Å². The maximum atomic E-state index is 11.9. The molecule has 4 aromatic heterocycles. The highest BCUT2D eigenvalue weighted by Crippen LogP contribution is 2.32. The zero-order valence-corrected chi connectivity index (χ0v) is 13.0. The molecule has 0 unspecified atom stereocenters. The first-order valence-electron chi connectivity index (χ1n) is 7.22. The Hall–Kier alpha value is -3.49. The minimum Gasteiger partial charge on any atom is -0.384 e. The maximum Gasteiger partial charge on any atom is 0.253 e. The van der Waals surface area contributed by atoms with Gasteiger partial charge < -0.3 is 11.5 Å². The van der Waals surface area contributed by atoms with Crippen LogP contribution in [0, 0.1) is 13.8 Å². The normalized spacial score (nSPS) is 11.4. The van der Waals surface area contributed by atoms with Gasteiger partial charge in [-0.15, -0.1) is 0 Å². The zero-order valence-electron chi connectivity index (χ0n) is 13.0. The van der Waals surface area contributed by atoms with Crippen LogP contribution in [0.2, 0.25) is 0 Å². The molecule has 4 heterocycles. The smallest absolute Gasteiger partial charge is 0.253 e. The van der Waals surface area contributed by atoms with Gasteiger partial charge in [-0.1, -0.05) is 0 Å². The van der Waals surface area contributed by atoms with Crippen LogP contribution in [0.4, 0.5) is 5.82 Å². The fourth-order valence-corrected chi connectivity index (χ4v) is 2.91. The van der Waals surface area contributed by atoms with E-state index in [0.717, 1.165) is 16.6 Å². The molecule has 4 rings (SSSR count). The Kier molecular flexibility index (Phi) is 2.80. The van der Waals surface area contributed by atoms with E-state index in [1.165, 1.54) is 0 Å². The minimum atomic E-state index is -0.639. The van der Waals surface area contributed by atoms with Crippen LogP contribution < -0.4 is 11.5 Å². The predicted octanol–water partition coefficient (Wildman–Crippen LogP) is 0.990. The Morgan fingerprint density at radius 3 is 2.83 bits per heavy atom. The van der Waals surface area contributed by atoms with E-state index in [1.807, 2.05) is 6.92 Å². The summed E-state index contributed by atoms with van der Waals surface area (Å²) in [5.74, 6) is 0.623. The number of anilines is 1. The zero-order chi connectivity index (χ0) is 17.0. The lowest BCUT2D eigenvalue weighted by Gasteiger charge is -2.08. The van der Waals surface area contributed by atoms with Crippen molar-refractivity contribution in [1.29, 1.82) is 0 Å². The van der Waals surface area contributed by atoms with Crippen molar-refractivity contribution in [1.82, 2.24) is 29.7 Å². The van der Waals surface area contributed by atoms with Gasteiger partial charge in [0.1, 0.15) is 11.6 Å². The number of carbonyl (C=O) groups is 1. The van der Waals surface area contributed by atoms with Gasteiger partial charge in [-0.05, 0) is 19.9 Å². The van der Waals surface area contributed by atoms with Crippen molar-refractivity contribution < 1.29 is 4.79 Å². The van der Waals surface area contributed by atoms with Gasteiger partial charge in [-0.2, -0.15) is 5.10 Å². The number of H-pyrrole nitrogens is 1. The number of nitrogens with two attached hydrogens (primary N) is 2. The number of carbonyl (C=O) groups excluding carboxylic acids is 1. The minimum absolute atomic E-state index is 0.179. The molecule has 0 fully saturated rings. The molecule has 0 aromatic carbocycles. The van der Waals surface area contributed by atoms with Crippen molar-refractivity contribution in [2.45, 2.75) is 13.8 Å². The number of pyridine rings is 1. The predicted molar refractivity (Wildman–Crippen MR) is 88.7 cm³/mol. The molecule has 1 amide bonds. The lowest BCUT2D eigenvalue weighted by atomic mass is 10.2. The van der Waals surface area contributed by atoms with Crippen LogP contribution in [0.25, 0.3) is 27.8 Å². The van der Waals surface area contributed by atoms with Crippen LogP contribution in [-0.4, -0.2) is 35.6 Å². The van der Waals surface area contributed by atoms with E-state index in [2.05, 4.69) is 25.1 Å². The fourth-order valence-electron chi connectivity index (χ4n) is 2.91. The molecule has 9 heteroatoms. The number of fused-ring (bicyclic) bond motifs is 2. The molecule has 0 spiro atoms. The number of hydrogen-bond acceptors (Lipinski definition) is 6. The lowest BCUT2D eigenvalue weighted by Crippen LogP contribution is -2.14. The van der Waals surface area contributed by atoms with Crippen molar-refractivity contribution in [3.05, 3.63) is 35.5 Å². The quantitative estimate of drug-likeness (QED) is 0.502. The Bertz CT molecular complexity index is 1120. The average molecular weight is 322 g/mol. The number of rotatable bonds is 2. The lowest BCUT2D eigenvalue weighted by molar-refractivity contribution is 0.100.